The first-order valence-corrected chi connectivity index (χ1v) is 6.39. The summed E-state index contributed by atoms with van der Waals surface area (Å²) in [5, 5.41) is 13.7. The van der Waals surface area contributed by atoms with Crippen molar-refractivity contribution in [3.63, 3.8) is 0 Å². The molecule has 5 heteroatoms. The highest BCUT2D eigenvalue weighted by Crippen LogP contribution is 2.23. The molecule has 1 unspecified atom stereocenters. The fourth-order valence-electron chi connectivity index (χ4n) is 1.56. The maximum Gasteiger partial charge on any atom is 0.222 e. The second-order valence-electron chi connectivity index (χ2n) is 3.76. The van der Waals surface area contributed by atoms with Crippen LogP contribution in [0.4, 0.5) is 0 Å². The minimum atomic E-state index is -0.374. The Kier molecular flexibility index (Phi) is 4.15. The largest absolute Gasteiger partial charge is 0.467 e. The van der Waals surface area contributed by atoms with Crippen molar-refractivity contribution in [2.24, 2.45) is 0 Å². The van der Waals surface area contributed by atoms with Gasteiger partial charge in [-0.05, 0) is 23.6 Å². The van der Waals surface area contributed by atoms with Gasteiger partial charge in [-0.3, -0.25) is 4.79 Å². The van der Waals surface area contributed by atoms with E-state index in [1.807, 2.05) is 17.5 Å². The Morgan fingerprint density at radius 2 is 2.39 bits per heavy atom. The molecule has 1 amide bonds. The number of carbonyl (C=O) groups excluding carboxylic acids is 1. The van der Waals surface area contributed by atoms with Gasteiger partial charge < -0.3 is 9.73 Å². The van der Waals surface area contributed by atoms with E-state index in [1.165, 1.54) is 11.3 Å². The van der Waals surface area contributed by atoms with Crippen molar-refractivity contribution in [1.29, 1.82) is 5.26 Å². The summed E-state index contributed by atoms with van der Waals surface area (Å²) in [7, 11) is 0. The summed E-state index contributed by atoms with van der Waals surface area (Å²) in [6.07, 6.45) is 1.74. The minimum absolute atomic E-state index is 0.147. The first-order valence-electron chi connectivity index (χ1n) is 5.51. The van der Waals surface area contributed by atoms with Crippen molar-refractivity contribution in [2.75, 3.05) is 0 Å². The molecule has 18 heavy (non-hydrogen) atoms. The van der Waals surface area contributed by atoms with Crippen molar-refractivity contribution in [3.05, 3.63) is 46.5 Å². The third kappa shape index (κ3) is 3.22. The van der Waals surface area contributed by atoms with E-state index in [0.717, 1.165) is 4.88 Å². The number of hydrogen-bond acceptors (Lipinski definition) is 4. The van der Waals surface area contributed by atoms with Gasteiger partial charge in [-0.25, -0.2) is 0 Å². The quantitative estimate of drug-likeness (QED) is 0.898. The summed E-state index contributed by atoms with van der Waals surface area (Å²) in [4.78, 5) is 12.6. The van der Waals surface area contributed by atoms with E-state index in [1.54, 1.807) is 18.4 Å². The molecule has 0 aliphatic carbocycles. The average molecular weight is 260 g/mol. The summed E-state index contributed by atoms with van der Waals surface area (Å²) in [6, 6.07) is 9.47. The van der Waals surface area contributed by atoms with Crippen molar-refractivity contribution in [2.45, 2.75) is 18.9 Å². The number of nitrogens with one attached hydrogen (secondary N) is 1. The molecule has 2 heterocycles. The molecule has 0 spiro atoms. The fraction of sp³-hybridized carbons (Fsp3) is 0.231. The minimum Gasteiger partial charge on any atom is -0.467 e. The molecule has 92 valence electrons. The van der Waals surface area contributed by atoms with E-state index in [0.29, 0.717) is 12.3 Å². The SMILES string of the molecule is N#CC(CC(=O)NCc1ccco1)c1cccs1. The number of carbonyl (C=O) groups is 1. The molecule has 0 aromatic carbocycles. The van der Waals surface area contributed by atoms with Crippen LogP contribution in [0.15, 0.2) is 40.3 Å². The Morgan fingerprint density at radius 3 is 3.00 bits per heavy atom. The van der Waals surface area contributed by atoms with Crippen molar-refractivity contribution < 1.29 is 9.21 Å². The maximum atomic E-state index is 11.7. The van der Waals surface area contributed by atoms with Gasteiger partial charge in [0, 0.05) is 11.3 Å². The lowest BCUT2D eigenvalue weighted by atomic mass is 10.1. The maximum absolute atomic E-state index is 11.7. The number of nitrogens with zero attached hydrogens (tertiary/aromatic N) is 1. The van der Waals surface area contributed by atoms with Crippen molar-refractivity contribution in [3.8, 4) is 6.07 Å². The average Bonchev–Trinajstić information content (AvgIpc) is 3.05. The highest BCUT2D eigenvalue weighted by molar-refractivity contribution is 7.10. The van der Waals surface area contributed by atoms with E-state index in [4.69, 9.17) is 9.68 Å². The zero-order chi connectivity index (χ0) is 12.8. The molecular weight excluding hydrogens is 248 g/mol. The van der Waals surface area contributed by atoms with Crippen LogP contribution in [-0.2, 0) is 11.3 Å². The molecule has 0 radical (unpaired) electrons. The van der Waals surface area contributed by atoms with Crippen molar-refractivity contribution >= 4 is 17.2 Å². The van der Waals surface area contributed by atoms with Gasteiger partial charge >= 0.3 is 0 Å². The zero-order valence-corrected chi connectivity index (χ0v) is 10.4. The topological polar surface area (TPSA) is 66.0 Å². The van der Waals surface area contributed by atoms with Crippen LogP contribution in [0, 0.1) is 11.3 Å². The summed E-state index contributed by atoms with van der Waals surface area (Å²) in [5.74, 6) is 0.181. The monoisotopic (exact) mass is 260 g/mol. The number of nitriles is 1. The molecule has 2 aromatic rings. The predicted octanol–water partition coefficient (Wildman–Crippen LogP) is 2.65. The molecule has 0 bridgehead atoms. The highest BCUT2D eigenvalue weighted by Gasteiger charge is 2.16. The summed E-state index contributed by atoms with van der Waals surface area (Å²) < 4.78 is 5.11. The molecule has 4 nitrogen and oxygen atoms in total. The van der Waals surface area contributed by atoms with Gasteiger partial charge in [0.25, 0.3) is 0 Å². The van der Waals surface area contributed by atoms with Gasteiger partial charge in [0.05, 0.1) is 24.8 Å². The Balaban J connectivity index is 1.85. The molecule has 0 saturated carbocycles. The number of rotatable bonds is 5. The lowest BCUT2D eigenvalue weighted by Gasteiger charge is -2.07. The van der Waals surface area contributed by atoms with Gasteiger partial charge in [0.1, 0.15) is 5.76 Å². The Labute approximate surface area is 109 Å². The number of thiophene rings is 1. The summed E-state index contributed by atoms with van der Waals surface area (Å²) >= 11 is 1.49. The van der Waals surface area contributed by atoms with Crippen LogP contribution < -0.4 is 5.32 Å². The number of furan rings is 1. The second kappa shape index (κ2) is 6.03. The normalized spacial score (nSPS) is 11.7. The van der Waals surface area contributed by atoms with Crippen LogP contribution in [-0.4, -0.2) is 5.91 Å². The first kappa shape index (κ1) is 12.4. The molecule has 0 aliphatic heterocycles. The first-order chi connectivity index (χ1) is 8.79. The summed E-state index contributed by atoms with van der Waals surface area (Å²) in [5.41, 5.74) is 0. The van der Waals surface area contributed by atoms with Crippen LogP contribution in [0.1, 0.15) is 23.0 Å². The Morgan fingerprint density at radius 1 is 1.50 bits per heavy atom. The van der Waals surface area contributed by atoms with E-state index >= 15 is 0 Å². The van der Waals surface area contributed by atoms with Crippen LogP contribution in [0.2, 0.25) is 0 Å². The highest BCUT2D eigenvalue weighted by atomic mass is 32.1. The smallest absolute Gasteiger partial charge is 0.222 e. The van der Waals surface area contributed by atoms with Gasteiger partial charge in [-0.1, -0.05) is 6.07 Å². The molecule has 1 atom stereocenters. The van der Waals surface area contributed by atoms with Crippen molar-refractivity contribution in [1.82, 2.24) is 5.32 Å². The third-order valence-corrected chi connectivity index (χ3v) is 3.46. The molecule has 2 aromatic heterocycles. The molecular formula is C13H12N2O2S. The lowest BCUT2D eigenvalue weighted by molar-refractivity contribution is -0.121. The van der Waals surface area contributed by atoms with Gasteiger partial charge in [0.15, 0.2) is 0 Å². The van der Waals surface area contributed by atoms with Gasteiger partial charge in [0.2, 0.25) is 5.91 Å². The van der Waals surface area contributed by atoms with E-state index < -0.39 is 0 Å². The molecule has 0 aliphatic rings. The van der Waals surface area contributed by atoms with E-state index in [9.17, 15) is 4.79 Å². The Hall–Kier alpha value is -2.06. The van der Waals surface area contributed by atoms with E-state index in [-0.39, 0.29) is 18.2 Å². The number of amides is 1. The van der Waals surface area contributed by atoms with Gasteiger partial charge in [-0.15, -0.1) is 11.3 Å². The molecule has 0 saturated heterocycles. The predicted molar refractivity (Wildman–Crippen MR) is 67.8 cm³/mol. The Bertz CT molecular complexity index is 526. The molecule has 0 fully saturated rings. The van der Waals surface area contributed by atoms with Gasteiger partial charge in [-0.2, -0.15) is 5.26 Å². The van der Waals surface area contributed by atoms with Crippen LogP contribution in [0.3, 0.4) is 0 Å². The van der Waals surface area contributed by atoms with Crippen LogP contribution >= 0.6 is 11.3 Å². The van der Waals surface area contributed by atoms with Crippen LogP contribution in [0.5, 0.6) is 0 Å². The standard InChI is InChI=1S/C13H12N2O2S/c14-8-10(12-4-2-6-18-12)7-13(16)15-9-11-3-1-5-17-11/h1-6,10H,7,9H2,(H,15,16). The van der Waals surface area contributed by atoms with Crippen LogP contribution in [0.25, 0.3) is 0 Å². The zero-order valence-electron chi connectivity index (χ0n) is 9.63. The molecule has 1 N–H and O–H groups in total. The second-order valence-corrected chi connectivity index (χ2v) is 4.74. The number of hydrogen-bond donors (Lipinski definition) is 1. The lowest BCUT2D eigenvalue weighted by Crippen LogP contribution is -2.23. The van der Waals surface area contributed by atoms with E-state index in [2.05, 4.69) is 11.4 Å². The fourth-order valence-corrected chi connectivity index (χ4v) is 2.33. The molecule has 2 rings (SSSR count). The summed E-state index contributed by atoms with van der Waals surface area (Å²) in [6.45, 7) is 0.356. The third-order valence-electron chi connectivity index (χ3n) is 2.47.